The number of aryl methyl sites for hydroxylation is 2. The Morgan fingerprint density at radius 2 is 1.85 bits per heavy atom. The van der Waals surface area contributed by atoms with Crippen LogP contribution in [0.1, 0.15) is 33.9 Å². The smallest absolute Gasteiger partial charge is 0.295 e. The lowest BCUT2D eigenvalue weighted by atomic mass is 9.93. The number of pyridine rings is 1. The Balaban J connectivity index is 1.89. The van der Waals surface area contributed by atoms with Gasteiger partial charge in [0.25, 0.3) is 17.4 Å². The number of amides is 1. The van der Waals surface area contributed by atoms with Crippen LogP contribution in [0.5, 0.6) is 0 Å². The van der Waals surface area contributed by atoms with Gasteiger partial charge in [-0.3, -0.25) is 24.7 Å². The highest BCUT2D eigenvalue weighted by Gasteiger charge is 2.46. The van der Waals surface area contributed by atoms with Gasteiger partial charge in [-0.2, -0.15) is 0 Å². The number of Topliss-reactive ketones (excluding diaryl/α,β-unsaturated/α-hetero) is 1. The Hall–Kier alpha value is -4.33. The number of nitrogens with zero attached hydrogens (tertiary/aromatic N) is 3. The normalized spacial score (nSPS) is 17.4. The van der Waals surface area contributed by atoms with Crippen molar-refractivity contribution in [3.63, 3.8) is 0 Å². The minimum Gasteiger partial charge on any atom is -0.507 e. The van der Waals surface area contributed by atoms with E-state index in [1.165, 1.54) is 29.2 Å². The molecule has 166 valence electrons. The van der Waals surface area contributed by atoms with Gasteiger partial charge in [-0.25, -0.2) is 0 Å². The van der Waals surface area contributed by atoms with Crippen LogP contribution in [0.25, 0.3) is 5.76 Å². The maximum Gasteiger partial charge on any atom is 0.295 e. The average Bonchev–Trinajstić information content (AvgIpc) is 3.06. The van der Waals surface area contributed by atoms with Crippen molar-refractivity contribution in [2.45, 2.75) is 26.4 Å². The molecule has 8 nitrogen and oxygen atoms in total. The van der Waals surface area contributed by atoms with Crippen LogP contribution in [-0.4, -0.2) is 31.6 Å². The zero-order valence-electron chi connectivity index (χ0n) is 18.1. The molecule has 1 saturated heterocycles. The molecule has 1 atom stereocenters. The van der Waals surface area contributed by atoms with Crippen molar-refractivity contribution in [1.82, 2.24) is 9.88 Å². The first-order valence-corrected chi connectivity index (χ1v) is 10.3. The molecule has 1 aromatic heterocycles. The Kier molecular flexibility index (Phi) is 5.74. The number of non-ortho nitro benzene ring substituents is 1. The fourth-order valence-corrected chi connectivity index (χ4v) is 3.99. The predicted octanol–water partition coefficient (Wildman–Crippen LogP) is 4.23. The molecule has 1 aliphatic heterocycles. The Labute approximate surface area is 190 Å². The summed E-state index contributed by atoms with van der Waals surface area (Å²) in [7, 11) is 0. The third kappa shape index (κ3) is 4.10. The third-order valence-electron chi connectivity index (χ3n) is 5.68. The van der Waals surface area contributed by atoms with Crippen LogP contribution in [0.2, 0.25) is 0 Å². The van der Waals surface area contributed by atoms with Crippen LogP contribution in [0.15, 0.2) is 72.6 Å². The summed E-state index contributed by atoms with van der Waals surface area (Å²) in [5.41, 5.74) is 3.12. The summed E-state index contributed by atoms with van der Waals surface area (Å²) in [6.07, 6.45) is 3.20. The van der Waals surface area contributed by atoms with E-state index < -0.39 is 22.7 Å². The molecule has 2 aromatic carbocycles. The van der Waals surface area contributed by atoms with E-state index in [1.54, 1.807) is 37.5 Å². The molecule has 1 aliphatic rings. The van der Waals surface area contributed by atoms with Crippen LogP contribution in [0, 0.1) is 24.0 Å². The Bertz CT molecular complexity index is 1280. The first-order valence-electron chi connectivity index (χ1n) is 10.3. The number of hydrogen-bond donors (Lipinski definition) is 1. The second kappa shape index (κ2) is 8.66. The van der Waals surface area contributed by atoms with Crippen molar-refractivity contribution >= 4 is 23.1 Å². The monoisotopic (exact) mass is 443 g/mol. The van der Waals surface area contributed by atoms with Crippen molar-refractivity contribution < 1.29 is 19.6 Å². The van der Waals surface area contributed by atoms with E-state index in [4.69, 9.17) is 0 Å². The third-order valence-corrected chi connectivity index (χ3v) is 5.68. The lowest BCUT2D eigenvalue weighted by Gasteiger charge is -2.25. The number of likely N-dealkylation sites (tertiary alicyclic amines) is 1. The van der Waals surface area contributed by atoms with Gasteiger partial charge in [0.1, 0.15) is 5.76 Å². The van der Waals surface area contributed by atoms with E-state index in [0.717, 1.165) is 11.1 Å². The van der Waals surface area contributed by atoms with E-state index in [2.05, 4.69) is 4.98 Å². The minimum atomic E-state index is -0.911. The Morgan fingerprint density at radius 3 is 2.48 bits per heavy atom. The molecule has 0 bridgehead atoms. The summed E-state index contributed by atoms with van der Waals surface area (Å²) >= 11 is 0. The number of carbonyl (C=O) groups is 2. The maximum atomic E-state index is 13.1. The molecule has 4 rings (SSSR count). The quantitative estimate of drug-likeness (QED) is 0.208. The van der Waals surface area contributed by atoms with Gasteiger partial charge in [-0.1, -0.05) is 23.8 Å². The molecule has 0 spiro atoms. The van der Waals surface area contributed by atoms with Gasteiger partial charge in [-0.05, 0) is 54.8 Å². The average molecular weight is 443 g/mol. The molecule has 0 aliphatic carbocycles. The van der Waals surface area contributed by atoms with Crippen molar-refractivity contribution in [3.8, 4) is 0 Å². The molecule has 8 heteroatoms. The van der Waals surface area contributed by atoms with Crippen LogP contribution in [0.3, 0.4) is 0 Å². The largest absolute Gasteiger partial charge is 0.507 e. The number of ketones is 1. The highest BCUT2D eigenvalue weighted by molar-refractivity contribution is 6.46. The molecule has 1 unspecified atom stereocenters. The van der Waals surface area contributed by atoms with Gasteiger partial charge < -0.3 is 10.0 Å². The lowest BCUT2D eigenvalue weighted by molar-refractivity contribution is -0.384. The zero-order valence-corrected chi connectivity index (χ0v) is 18.1. The van der Waals surface area contributed by atoms with Crippen LogP contribution < -0.4 is 0 Å². The summed E-state index contributed by atoms with van der Waals surface area (Å²) in [6.45, 7) is 3.76. The molecule has 0 radical (unpaired) electrons. The van der Waals surface area contributed by atoms with E-state index in [-0.39, 0.29) is 23.6 Å². The number of nitro groups is 1. The zero-order chi connectivity index (χ0) is 23.7. The predicted molar refractivity (Wildman–Crippen MR) is 121 cm³/mol. The second-order valence-electron chi connectivity index (χ2n) is 7.96. The van der Waals surface area contributed by atoms with Gasteiger partial charge in [0.15, 0.2) is 0 Å². The standard InChI is InChI=1S/C25H21N3O5/c1-15-5-6-16(2)20(12-15)23(29)21-22(18-7-9-19(10-8-18)28(32)33)27(25(31)24(21)30)14-17-4-3-11-26-13-17/h3-13,22,29H,14H2,1-2H3/b23-21+. The van der Waals surface area contributed by atoms with Crippen LogP contribution in [0.4, 0.5) is 5.69 Å². The lowest BCUT2D eigenvalue weighted by Crippen LogP contribution is -2.29. The summed E-state index contributed by atoms with van der Waals surface area (Å²) in [5, 5.41) is 22.3. The fourth-order valence-electron chi connectivity index (χ4n) is 3.99. The van der Waals surface area contributed by atoms with E-state index >= 15 is 0 Å². The van der Waals surface area contributed by atoms with Crippen molar-refractivity contribution in [1.29, 1.82) is 0 Å². The number of aliphatic hydroxyl groups is 1. The number of carbonyl (C=O) groups excluding carboxylic acids is 2. The minimum absolute atomic E-state index is 0.0496. The molecule has 33 heavy (non-hydrogen) atoms. The SMILES string of the molecule is Cc1ccc(C)c(/C(O)=C2\C(=O)C(=O)N(Cc3cccnc3)C2c2ccc([N+](=O)[O-])cc2)c1. The van der Waals surface area contributed by atoms with E-state index in [9.17, 15) is 24.8 Å². The first-order chi connectivity index (χ1) is 15.8. The molecular formula is C25H21N3O5. The highest BCUT2D eigenvalue weighted by Crippen LogP contribution is 2.41. The summed E-state index contributed by atoms with van der Waals surface area (Å²) in [4.78, 5) is 42.2. The number of rotatable bonds is 5. The summed E-state index contributed by atoms with van der Waals surface area (Å²) in [6, 6.07) is 13.7. The number of benzene rings is 2. The molecule has 1 N–H and O–H groups in total. The number of hydrogen-bond acceptors (Lipinski definition) is 6. The fraction of sp³-hybridized carbons (Fsp3) is 0.160. The van der Waals surface area contributed by atoms with Gasteiger partial charge in [0, 0.05) is 36.6 Å². The van der Waals surface area contributed by atoms with Crippen LogP contribution >= 0.6 is 0 Å². The maximum absolute atomic E-state index is 13.1. The number of aliphatic hydroxyl groups excluding tert-OH is 1. The van der Waals surface area contributed by atoms with Crippen molar-refractivity contribution in [2.24, 2.45) is 0 Å². The summed E-state index contributed by atoms with van der Waals surface area (Å²) in [5.74, 6) is -1.83. The number of aromatic nitrogens is 1. The van der Waals surface area contributed by atoms with Gasteiger partial charge in [0.05, 0.1) is 16.5 Å². The van der Waals surface area contributed by atoms with Gasteiger partial charge in [-0.15, -0.1) is 0 Å². The van der Waals surface area contributed by atoms with Crippen molar-refractivity contribution in [3.05, 3.63) is 110 Å². The molecule has 3 aromatic rings. The van der Waals surface area contributed by atoms with E-state index in [1.807, 2.05) is 19.1 Å². The van der Waals surface area contributed by atoms with Crippen LogP contribution in [-0.2, 0) is 16.1 Å². The molecule has 2 heterocycles. The summed E-state index contributed by atoms with van der Waals surface area (Å²) < 4.78 is 0. The molecule has 1 fully saturated rings. The van der Waals surface area contributed by atoms with E-state index in [0.29, 0.717) is 16.7 Å². The molecule has 1 amide bonds. The second-order valence-corrected chi connectivity index (χ2v) is 7.96. The Morgan fingerprint density at radius 1 is 1.12 bits per heavy atom. The number of nitro benzene ring substituents is 1. The highest BCUT2D eigenvalue weighted by atomic mass is 16.6. The van der Waals surface area contributed by atoms with Gasteiger partial charge >= 0.3 is 0 Å². The molecule has 0 saturated carbocycles. The first kappa shape index (κ1) is 21.9. The molecular weight excluding hydrogens is 422 g/mol. The van der Waals surface area contributed by atoms with Crippen molar-refractivity contribution in [2.75, 3.05) is 0 Å². The van der Waals surface area contributed by atoms with Gasteiger partial charge in [0.2, 0.25) is 0 Å². The topological polar surface area (TPSA) is 114 Å².